The number of nitrogens with one attached hydrogen (secondary N) is 1. The zero-order valence-electron chi connectivity index (χ0n) is 11.0. The van der Waals surface area contributed by atoms with Gasteiger partial charge in [-0.05, 0) is 52.8 Å². The Bertz CT molecular complexity index is 742. The van der Waals surface area contributed by atoms with Crippen LogP contribution in [0.3, 0.4) is 0 Å². The predicted octanol–water partition coefficient (Wildman–Crippen LogP) is 3.70. The molecule has 0 fully saturated rings. The van der Waals surface area contributed by atoms with Gasteiger partial charge in [-0.15, -0.1) is 0 Å². The molecule has 0 aliphatic rings. The molecule has 0 aliphatic heterocycles. The highest BCUT2D eigenvalue weighted by molar-refractivity contribution is 9.10. The minimum absolute atomic E-state index is 0.0389. The van der Waals surface area contributed by atoms with Crippen molar-refractivity contribution >= 4 is 26.8 Å². The van der Waals surface area contributed by atoms with Crippen LogP contribution in [0.5, 0.6) is 0 Å². The van der Waals surface area contributed by atoms with E-state index in [4.69, 9.17) is 0 Å². The van der Waals surface area contributed by atoms with Gasteiger partial charge in [0, 0.05) is 22.3 Å². The summed E-state index contributed by atoms with van der Waals surface area (Å²) in [5.74, 6) is 0. The Morgan fingerprint density at radius 1 is 1.05 bits per heavy atom. The molecule has 0 saturated carbocycles. The van der Waals surface area contributed by atoms with Crippen molar-refractivity contribution in [1.82, 2.24) is 15.3 Å². The van der Waals surface area contributed by atoms with Crippen LogP contribution in [0, 0.1) is 0 Å². The summed E-state index contributed by atoms with van der Waals surface area (Å²) in [6.07, 6.45) is 3.63. The first-order valence-electron chi connectivity index (χ1n) is 6.42. The number of nitrogens with zero attached hydrogens (tertiary/aromatic N) is 2. The lowest BCUT2D eigenvalue weighted by molar-refractivity contribution is 0.668. The van der Waals surface area contributed by atoms with E-state index in [0.717, 1.165) is 26.6 Å². The number of halogens is 1. The molecule has 4 heteroatoms. The third-order valence-corrected chi connectivity index (χ3v) is 3.98. The SMILES string of the molecule is CNC(c1ccc2cccnc2c1)c1ncccc1Br. The van der Waals surface area contributed by atoms with Gasteiger partial charge in [0.05, 0.1) is 17.3 Å². The fourth-order valence-corrected chi connectivity index (χ4v) is 2.82. The van der Waals surface area contributed by atoms with Crippen LogP contribution in [0.15, 0.2) is 59.3 Å². The summed E-state index contributed by atoms with van der Waals surface area (Å²) in [7, 11) is 1.94. The molecule has 2 heterocycles. The van der Waals surface area contributed by atoms with Gasteiger partial charge in [-0.3, -0.25) is 9.97 Å². The molecular formula is C16H14BrN3. The highest BCUT2D eigenvalue weighted by atomic mass is 79.9. The van der Waals surface area contributed by atoms with Crippen molar-refractivity contribution in [3.63, 3.8) is 0 Å². The molecule has 3 aromatic rings. The smallest absolute Gasteiger partial charge is 0.0761 e. The second-order valence-corrected chi connectivity index (χ2v) is 5.40. The maximum atomic E-state index is 4.48. The number of pyridine rings is 2. The summed E-state index contributed by atoms with van der Waals surface area (Å²) < 4.78 is 1.00. The van der Waals surface area contributed by atoms with E-state index >= 15 is 0 Å². The molecule has 0 amide bonds. The summed E-state index contributed by atoms with van der Waals surface area (Å²) in [4.78, 5) is 8.89. The number of hydrogen-bond acceptors (Lipinski definition) is 3. The molecule has 100 valence electrons. The molecule has 1 unspecified atom stereocenters. The van der Waals surface area contributed by atoms with E-state index in [1.807, 2.05) is 37.6 Å². The Kier molecular flexibility index (Phi) is 3.76. The van der Waals surface area contributed by atoms with Gasteiger partial charge in [0.25, 0.3) is 0 Å². The van der Waals surface area contributed by atoms with Gasteiger partial charge in [-0.2, -0.15) is 0 Å². The number of benzene rings is 1. The quantitative estimate of drug-likeness (QED) is 0.797. The van der Waals surface area contributed by atoms with Gasteiger partial charge < -0.3 is 5.32 Å². The van der Waals surface area contributed by atoms with Crippen LogP contribution in [-0.4, -0.2) is 17.0 Å². The van der Waals surface area contributed by atoms with E-state index in [0.29, 0.717) is 0 Å². The van der Waals surface area contributed by atoms with Crippen LogP contribution in [0.1, 0.15) is 17.3 Å². The van der Waals surface area contributed by atoms with E-state index in [1.54, 1.807) is 0 Å². The Morgan fingerprint density at radius 2 is 1.85 bits per heavy atom. The Labute approximate surface area is 126 Å². The van der Waals surface area contributed by atoms with E-state index in [9.17, 15) is 0 Å². The second kappa shape index (κ2) is 5.69. The zero-order valence-corrected chi connectivity index (χ0v) is 12.6. The van der Waals surface area contributed by atoms with Crippen LogP contribution in [0.25, 0.3) is 10.9 Å². The Balaban J connectivity index is 2.10. The van der Waals surface area contributed by atoms with Crippen molar-refractivity contribution in [1.29, 1.82) is 0 Å². The van der Waals surface area contributed by atoms with Gasteiger partial charge in [0.1, 0.15) is 0 Å². The summed E-state index contributed by atoms with van der Waals surface area (Å²) in [6.45, 7) is 0. The standard InChI is InChI=1S/C16H14BrN3/c1-18-15(16-13(17)5-3-9-20-16)12-7-6-11-4-2-8-19-14(11)10-12/h2-10,15,18H,1H3. The molecule has 0 saturated heterocycles. The first kappa shape index (κ1) is 13.2. The van der Waals surface area contributed by atoms with Crippen LogP contribution in [0.4, 0.5) is 0 Å². The van der Waals surface area contributed by atoms with Crippen molar-refractivity contribution < 1.29 is 0 Å². The molecule has 0 spiro atoms. The van der Waals surface area contributed by atoms with Crippen molar-refractivity contribution in [2.24, 2.45) is 0 Å². The minimum atomic E-state index is 0.0389. The summed E-state index contributed by atoms with van der Waals surface area (Å²) in [6, 6.07) is 14.3. The molecule has 1 atom stereocenters. The van der Waals surface area contributed by atoms with Gasteiger partial charge in [-0.25, -0.2) is 0 Å². The first-order valence-corrected chi connectivity index (χ1v) is 7.21. The number of hydrogen-bond donors (Lipinski definition) is 1. The molecule has 0 radical (unpaired) electrons. The molecule has 0 aliphatic carbocycles. The van der Waals surface area contributed by atoms with Crippen LogP contribution in [0.2, 0.25) is 0 Å². The van der Waals surface area contributed by atoms with Crippen molar-refractivity contribution in [3.05, 3.63) is 70.6 Å². The first-order chi connectivity index (χ1) is 9.79. The van der Waals surface area contributed by atoms with Crippen LogP contribution < -0.4 is 5.32 Å². The topological polar surface area (TPSA) is 37.8 Å². The Hall–Kier alpha value is -1.78. The van der Waals surface area contributed by atoms with E-state index < -0.39 is 0 Å². The zero-order chi connectivity index (χ0) is 13.9. The molecule has 20 heavy (non-hydrogen) atoms. The molecule has 0 bridgehead atoms. The van der Waals surface area contributed by atoms with Crippen molar-refractivity contribution in [2.75, 3.05) is 7.05 Å². The highest BCUT2D eigenvalue weighted by Crippen LogP contribution is 2.27. The third kappa shape index (κ3) is 2.44. The fraction of sp³-hybridized carbons (Fsp3) is 0.125. The van der Waals surface area contributed by atoms with Gasteiger partial charge in [-0.1, -0.05) is 18.2 Å². The average Bonchev–Trinajstić information content (AvgIpc) is 2.50. The lowest BCUT2D eigenvalue weighted by Crippen LogP contribution is -2.19. The van der Waals surface area contributed by atoms with Crippen LogP contribution in [-0.2, 0) is 0 Å². The molecule has 3 nitrogen and oxygen atoms in total. The fourth-order valence-electron chi connectivity index (χ4n) is 2.33. The molecule has 2 aromatic heterocycles. The second-order valence-electron chi connectivity index (χ2n) is 4.55. The van der Waals surface area contributed by atoms with E-state index in [1.165, 1.54) is 0 Å². The van der Waals surface area contributed by atoms with E-state index in [-0.39, 0.29) is 6.04 Å². The lowest BCUT2D eigenvalue weighted by atomic mass is 10.0. The van der Waals surface area contributed by atoms with Crippen molar-refractivity contribution in [2.45, 2.75) is 6.04 Å². The normalized spacial score (nSPS) is 12.5. The molecule has 1 N–H and O–H groups in total. The summed E-state index contributed by atoms with van der Waals surface area (Å²) in [5, 5.41) is 4.46. The minimum Gasteiger partial charge on any atom is -0.308 e. The van der Waals surface area contributed by atoms with Crippen molar-refractivity contribution in [3.8, 4) is 0 Å². The molecule has 3 rings (SSSR count). The maximum Gasteiger partial charge on any atom is 0.0761 e. The number of fused-ring (bicyclic) bond motifs is 1. The van der Waals surface area contributed by atoms with Crippen LogP contribution >= 0.6 is 15.9 Å². The van der Waals surface area contributed by atoms with Gasteiger partial charge >= 0.3 is 0 Å². The van der Waals surface area contributed by atoms with Gasteiger partial charge in [0.15, 0.2) is 0 Å². The number of aromatic nitrogens is 2. The number of rotatable bonds is 3. The average molecular weight is 328 g/mol. The third-order valence-electron chi connectivity index (χ3n) is 3.31. The predicted molar refractivity (Wildman–Crippen MR) is 84.6 cm³/mol. The summed E-state index contributed by atoms with van der Waals surface area (Å²) >= 11 is 3.57. The monoisotopic (exact) mass is 327 g/mol. The molecular weight excluding hydrogens is 314 g/mol. The largest absolute Gasteiger partial charge is 0.308 e. The van der Waals surface area contributed by atoms with Gasteiger partial charge in [0.2, 0.25) is 0 Å². The highest BCUT2D eigenvalue weighted by Gasteiger charge is 2.16. The maximum absolute atomic E-state index is 4.48. The summed E-state index contributed by atoms with van der Waals surface area (Å²) in [5.41, 5.74) is 3.13. The lowest BCUT2D eigenvalue weighted by Gasteiger charge is -2.17. The molecule has 1 aromatic carbocycles. The Morgan fingerprint density at radius 3 is 2.65 bits per heavy atom. The van der Waals surface area contributed by atoms with E-state index in [2.05, 4.69) is 55.5 Å².